The second kappa shape index (κ2) is 10.7. The van der Waals surface area contributed by atoms with Crippen LogP contribution in [-0.4, -0.2) is 66.5 Å². The number of nitrogens with one attached hydrogen (secondary N) is 1. The molecule has 1 aromatic carbocycles. The number of hydrogen-bond donors (Lipinski definition) is 1. The summed E-state index contributed by atoms with van der Waals surface area (Å²) in [4.78, 5) is 22.2. The van der Waals surface area contributed by atoms with Gasteiger partial charge in [-0.25, -0.2) is 28.7 Å². The van der Waals surface area contributed by atoms with Crippen LogP contribution in [0.15, 0.2) is 36.7 Å². The van der Waals surface area contributed by atoms with E-state index >= 15 is 0 Å². The minimum atomic E-state index is -0.637. The number of rotatable bonds is 7. The quantitative estimate of drug-likeness (QED) is 0.353. The zero-order chi connectivity index (χ0) is 27.0. The molecule has 0 bridgehead atoms. The highest BCUT2D eigenvalue weighted by Gasteiger charge is 2.22. The molecule has 0 unspecified atom stereocenters. The monoisotopic (exact) mass is 520 g/mol. The Labute approximate surface area is 221 Å². The largest absolute Gasteiger partial charge is 0.326 e. The van der Waals surface area contributed by atoms with Crippen LogP contribution in [0.3, 0.4) is 0 Å². The Kier molecular flexibility index (Phi) is 7.36. The van der Waals surface area contributed by atoms with Crippen LogP contribution in [0.5, 0.6) is 0 Å². The number of nitrogens with zero attached hydrogens (tertiary/aromatic N) is 7. The summed E-state index contributed by atoms with van der Waals surface area (Å²) in [6.45, 7) is 15.4. The highest BCUT2D eigenvalue weighted by atomic mass is 19.1. The molecule has 1 aliphatic heterocycles. The van der Waals surface area contributed by atoms with Crippen LogP contribution in [-0.2, 0) is 6.54 Å². The lowest BCUT2D eigenvalue weighted by Gasteiger charge is -2.39. The Morgan fingerprint density at radius 2 is 1.87 bits per heavy atom. The van der Waals surface area contributed by atoms with E-state index in [0.717, 1.165) is 44.5 Å². The topological polar surface area (TPSA) is 75.0 Å². The zero-order valence-electron chi connectivity index (χ0n) is 22.5. The molecule has 10 heteroatoms. The van der Waals surface area contributed by atoms with Crippen molar-refractivity contribution in [3.63, 3.8) is 0 Å². The molecule has 5 rings (SSSR count). The minimum absolute atomic E-state index is 0.00872. The molecule has 4 aromatic rings. The molecule has 1 N–H and O–H groups in total. The molecule has 200 valence electrons. The molecule has 38 heavy (non-hydrogen) atoms. The average molecular weight is 521 g/mol. The van der Waals surface area contributed by atoms with Gasteiger partial charge in [-0.1, -0.05) is 13.0 Å². The van der Waals surface area contributed by atoms with Crippen molar-refractivity contribution in [1.29, 1.82) is 0 Å². The third-order valence-corrected chi connectivity index (χ3v) is 7.19. The first-order valence-corrected chi connectivity index (χ1v) is 13.1. The number of halogens is 2. The Hall–Kier alpha value is -3.50. The molecular formula is C28H34F2N8. The summed E-state index contributed by atoms with van der Waals surface area (Å²) in [6, 6.07) is 7.49. The Morgan fingerprint density at radius 1 is 1.05 bits per heavy atom. The summed E-state index contributed by atoms with van der Waals surface area (Å²) < 4.78 is 31.7. The molecule has 0 spiro atoms. The number of imidazole rings is 1. The third-order valence-electron chi connectivity index (χ3n) is 7.19. The van der Waals surface area contributed by atoms with Gasteiger partial charge in [0.2, 0.25) is 5.95 Å². The van der Waals surface area contributed by atoms with Gasteiger partial charge in [0, 0.05) is 50.0 Å². The van der Waals surface area contributed by atoms with Crippen LogP contribution < -0.4 is 5.32 Å². The number of piperazine rings is 1. The van der Waals surface area contributed by atoms with Crippen LogP contribution in [0.4, 0.5) is 20.5 Å². The maximum atomic E-state index is 15.0. The molecule has 0 saturated carbocycles. The van der Waals surface area contributed by atoms with Gasteiger partial charge in [-0.3, -0.25) is 9.80 Å². The number of aryl methyl sites for hydroxylation is 1. The number of fused-ring (bicyclic) bond motifs is 1. The van der Waals surface area contributed by atoms with E-state index in [-0.39, 0.29) is 23.2 Å². The summed E-state index contributed by atoms with van der Waals surface area (Å²) in [6.07, 6.45) is 2.92. The van der Waals surface area contributed by atoms with E-state index in [2.05, 4.69) is 48.9 Å². The molecule has 0 amide bonds. The lowest BCUT2D eigenvalue weighted by molar-refractivity contribution is 0.0834. The normalized spacial score (nSPS) is 17.0. The van der Waals surface area contributed by atoms with Crippen LogP contribution in [0, 0.1) is 18.6 Å². The number of likely N-dealkylation sites (N-methyl/N-ethyl adjacent to an activating group) is 1. The molecule has 4 heterocycles. The fourth-order valence-corrected chi connectivity index (χ4v) is 5.34. The fourth-order valence-electron chi connectivity index (χ4n) is 5.34. The second-order valence-electron chi connectivity index (χ2n) is 10.2. The molecule has 1 fully saturated rings. The van der Waals surface area contributed by atoms with Gasteiger partial charge in [-0.05, 0) is 58.0 Å². The van der Waals surface area contributed by atoms with Crippen LogP contribution in [0.1, 0.15) is 45.1 Å². The molecule has 8 nitrogen and oxygen atoms in total. The van der Waals surface area contributed by atoms with Crippen molar-refractivity contribution in [2.75, 3.05) is 31.5 Å². The summed E-state index contributed by atoms with van der Waals surface area (Å²) in [5.41, 5.74) is 2.31. The van der Waals surface area contributed by atoms with Crippen molar-refractivity contribution in [1.82, 2.24) is 34.3 Å². The Morgan fingerprint density at radius 3 is 2.55 bits per heavy atom. The van der Waals surface area contributed by atoms with E-state index in [1.807, 2.05) is 43.7 Å². The van der Waals surface area contributed by atoms with Crippen LogP contribution >= 0.6 is 0 Å². The molecule has 1 saturated heterocycles. The Bertz CT molecular complexity index is 1430. The second-order valence-corrected chi connectivity index (χ2v) is 10.2. The standard InChI is InChI=1S/C28H34F2N8/c1-6-37-10-9-36(15-18(37)4)16-20-7-8-25(31-13-20)34-28-32-14-23(30)26(35-28)21-11-22(29)27-24(12-21)38(17(2)3)19(5)33-27/h7-8,11-14,17-18H,6,9-10,15-16H2,1-5H3,(H,31,32,34,35)/t18-/m1/s1. The molecular weight excluding hydrogens is 486 g/mol. The maximum absolute atomic E-state index is 15.0. The van der Waals surface area contributed by atoms with E-state index in [9.17, 15) is 8.78 Å². The third kappa shape index (κ3) is 5.23. The molecule has 0 aliphatic carbocycles. The van der Waals surface area contributed by atoms with Gasteiger partial charge in [0.15, 0.2) is 11.6 Å². The zero-order valence-corrected chi connectivity index (χ0v) is 22.5. The first-order valence-electron chi connectivity index (χ1n) is 13.1. The van der Waals surface area contributed by atoms with E-state index < -0.39 is 11.6 Å². The first kappa shape index (κ1) is 26.1. The smallest absolute Gasteiger partial charge is 0.229 e. The minimum Gasteiger partial charge on any atom is -0.326 e. The van der Waals surface area contributed by atoms with Gasteiger partial charge >= 0.3 is 0 Å². The number of aromatic nitrogens is 5. The van der Waals surface area contributed by atoms with Crippen molar-refractivity contribution in [3.8, 4) is 11.3 Å². The SMILES string of the molecule is CCN1CCN(Cc2ccc(Nc3ncc(F)c(-c4cc(F)c5nc(C)n(C(C)C)c5c4)n3)nc2)C[C@H]1C. The highest BCUT2D eigenvalue weighted by Crippen LogP contribution is 2.30. The van der Waals surface area contributed by atoms with Crippen molar-refractivity contribution < 1.29 is 8.78 Å². The predicted octanol–water partition coefficient (Wildman–Crippen LogP) is 5.33. The predicted molar refractivity (Wildman–Crippen MR) is 145 cm³/mol. The lowest BCUT2D eigenvalue weighted by atomic mass is 10.1. The molecule has 1 aliphatic rings. The summed E-state index contributed by atoms with van der Waals surface area (Å²) in [5, 5.41) is 3.05. The summed E-state index contributed by atoms with van der Waals surface area (Å²) in [5.74, 6) is 0.271. The van der Waals surface area contributed by atoms with Gasteiger partial charge in [-0.15, -0.1) is 0 Å². The molecule has 0 radical (unpaired) electrons. The highest BCUT2D eigenvalue weighted by molar-refractivity contribution is 5.83. The lowest BCUT2D eigenvalue weighted by Crippen LogP contribution is -2.51. The fraction of sp³-hybridized carbons (Fsp3) is 0.429. The van der Waals surface area contributed by atoms with E-state index in [1.165, 1.54) is 6.07 Å². The van der Waals surface area contributed by atoms with Crippen molar-refractivity contribution in [2.45, 2.75) is 53.2 Å². The first-order chi connectivity index (χ1) is 18.2. The average Bonchev–Trinajstić information content (AvgIpc) is 3.23. The van der Waals surface area contributed by atoms with Gasteiger partial charge in [-0.2, -0.15) is 0 Å². The summed E-state index contributed by atoms with van der Waals surface area (Å²) in [7, 11) is 0. The number of benzene rings is 1. The van der Waals surface area contributed by atoms with Gasteiger partial charge < -0.3 is 9.88 Å². The van der Waals surface area contributed by atoms with Crippen molar-refractivity contribution >= 4 is 22.8 Å². The van der Waals surface area contributed by atoms with E-state index in [4.69, 9.17) is 0 Å². The maximum Gasteiger partial charge on any atom is 0.229 e. The van der Waals surface area contributed by atoms with Crippen LogP contribution in [0.2, 0.25) is 0 Å². The van der Waals surface area contributed by atoms with Crippen LogP contribution in [0.25, 0.3) is 22.3 Å². The number of hydrogen-bond acceptors (Lipinski definition) is 7. The molecule has 3 aromatic heterocycles. The van der Waals surface area contributed by atoms with E-state index in [0.29, 0.717) is 28.8 Å². The summed E-state index contributed by atoms with van der Waals surface area (Å²) >= 11 is 0. The number of pyridine rings is 1. The van der Waals surface area contributed by atoms with Gasteiger partial charge in [0.25, 0.3) is 0 Å². The molecule has 1 atom stereocenters. The van der Waals surface area contributed by atoms with Gasteiger partial charge in [0.1, 0.15) is 22.9 Å². The Balaban J connectivity index is 1.34. The van der Waals surface area contributed by atoms with Gasteiger partial charge in [0.05, 0.1) is 11.7 Å². The van der Waals surface area contributed by atoms with E-state index in [1.54, 1.807) is 6.07 Å². The van der Waals surface area contributed by atoms with Crippen molar-refractivity contribution in [3.05, 3.63) is 59.7 Å². The van der Waals surface area contributed by atoms with Crippen molar-refractivity contribution in [2.24, 2.45) is 0 Å². The number of anilines is 2.